The van der Waals surface area contributed by atoms with Crippen LogP contribution in [0, 0.1) is 0 Å². The van der Waals surface area contributed by atoms with Crippen LogP contribution in [0.25, 0.3) is 10.8 Å². The zero-order chi connectivity index (χ0) is 13.2. The van der Waals surface area contributed by atoms with Gasteiger partial charge in [0.25, 0.3) is 5.91 Å². The molecule has 1 amide bonds. The van der Waals surface area contributed by atoms with E-state index in [2.05, 4.69) is 26.2 Å². The van der Waals surface area contributed by atoms with Crippen LogP contribution in [0.1, 0.15) is 24.3 Å². The van der Waals surface area contributed by atoms with Crippen LogP contribution >= 0.6 is 15.9 Å². The number of nitrogens with one attached hydrogen (secondary N) is 1. The fourth-order valence-corrected chi connectivity index (χ4v) is 1.84. The first kappa shape index (κ1) is 13.0. The van der Waals surface area contributed by atoms with Gasteiger partial charge in [-0.3, -0.25) is 9.78 Å². The Labute approximate surface area is 115 Å². The van der Waals surface area contributed by atoms with E-state index < -0.39 is 0 Å². The molecule has 0 unspecified atom stereocenters. The molecule has 0 aliphatic carbocycles. The van der Waals surface area contributed by atoms with Crippen molar-refractivity contribution in [3.63, 3.8) is 0 Å². The third kappa shape index (κ3) is 2.70. The van der Waals surface area contributed by atoms with Crippen molar-refractivity contribution in [2.75, 3.05) is 5.33 Å². The van der Waals surface area contributed by atoms with E-state index in [1.54, 1.807) is 6.20 Å². The fourth-order valence-electron chi connectivity index (χ4n) is 1.70. The van der Waals surface area contributed by atoms with E-state index in [0.29, 0.717) is 11.0 Å². The number of hydrogen-bond acceptors (Lipinski definition) is 2. The zero-order valence-corrected chi connectivity index (χ0v) is 12.0. The number of fused-ring (bicyclic) bond motifs is 1. The third-order valence-electron chi connectivity index (χ3n) is 2.67. The Bertz CT molecular complexity index is 576. The quantitative estimate of drug-likeness (QED) is 0.885. The molecule has 1 N–H and O–H groups in total. The second kappa shape index (κ2) is 5.06. The molecule has 1 aromatic carbocycles. The number of halogens is 1. The molecule has 0 aliphatic heterocycles. The van der Waals surface area contributed by atoms with Gasteiger partial charge in [0.1, 0.15) is 5.69 Å². The molecule has 0 spiro atoms. The standard InChI is InChI=1S/C14H15BrN2O/c1-14(2,9-15)17-13(18)12-11-6-4-3-5-10(11)7-8-16-12/h3-8H,9H2,1-2H3,(H,17,18). The van der Waals surface area contributed by atoms with Gasteiger partial charge in [-0.25, -0.2) is 0 Å². The summed E-state index contributed by atoms with van der Waals surface area (Å²) in [5.74, 6) is -0.142. The van der Waals surface area contributed by atoms with E-state index in [1.165, 1.54) is 0 Å². The maximum absolute atomic E-state index is 12.2. The van der Waals surface area contributed by atoms with E-state index in [1.807, 2.05) is 44.2 Å². The van der Waals surface area contributed by atoms with Crippen LogP contribution in [0.3, 0.4) is 0 Å². The predicted molar refractivity (Wildman–Crippen MR) is 77.1 cm³/mol. The molecule has 94 valence electrons. The molecule has 0 atom stereocenters. The Morgan fingerprint density at radius 2 is 2.06 bits per heavy atom. The lowest BCUT2D eigenvalue weighted by Crippen LogP contribution is -2.45. The number of benzene rings is 1. The number of carbonyl (C=O) groups excluding carboxylic acids is 1. The van der Waals surface area contributed by atoms with Gasteiger partial charge in [0.15, 0.2) is 0 Å². The molecule has 3 nitrogen and oxygen atoms in total. The van der Waals surface area contributed by atoms with Crippen molar-refractivity contribution in [1.82, 2.24) is 10.3 Å². The maximum atomic E-state index is 12.2. The Hall–Kier alpha value is -1.42. The molecule has 18 heavy (non-hydrogen) atoms. The second-order valence-electron chi connectivity index (χ2n) is 4.85. The number of carbonyl (C=O) groups is 1. The van der Waals surface area contributed by atoms with E-state index >= 15 is 0 Å². The molecule has 1 heterocycles. The van der Waals surface area contributed by atoms with Gasteiger partial charge >= 0.3 is 0 Å². The monoisotopic (exact) mass is 306 g/mol. The van der Waals surface area contributed by atoms with Crippen LogP contribution in [0.5, 0.6) is 0 Å². The van der Waals surface area contributed by atoms with Crippen LogP contribution < -0.4 is 5.32 Å². The van der Waals surface area contributed by atoms with Crippen LogP contribution in [-0.4, -0.2) is 21.8 Å². The van der Waals surface area contributed by atoms with Crippen molar-refractivity contribution in [3.05, 3.63) is 42.2 Å². The van der Waals surface area contributed by atoms with E-state index in [-0.39, 0.29) is 11.4 Å². The van der Waals surface area contributed by atoms with Crippen LogP contribution in [-0.2, 0) is 0 Å². The minimum atomic E-state index is -0.296. The van der Waals surface area contributed by atoms with Crippen molar-refractivity contribution >= 4 is 32.6 Å². The van der Waals surface area contributed by atoms with Crippen molar-refractivity contribution in [2.24, 2.45) is 0 Å². The van der Waals surface area contributed by atoms with Gasteiger partial charge < -0.3 is 5.32 Å². The predicted octanol–water partition coefficient (Wildman–Crippen LogP) is 3.14. The Balaban J connectivity index is 2.39. The largest absolute Gasteiger partial charge is 0.345 e. The first-order valence-electron chi connectivity index (χ1n) is 5.76. The van der Waals surface area contributed by atoms with Gasteiger partial charge in [-0.1, -0.05) is 40.2 Å². The summed E-state index contributed by atoms with van der Waals surface area (Å²) in [6.45, 7) is 3.93. The van der Waals surface area contributed by atoms with Crippen molar-refractivity contribution in [1.29, 1.82) is 0 Å². The average Bonchev–Trinajstić information content (AvgIpc) is 2.37. The number of hydrogen-bond donors (Lipinski definition) is 1. The second-order valence-corrected chi connectivity index (χ2v) is 5.41. The van der Waals surface area contributed by atoms with Crippen molar-refractivity contribution < 1.29 is 4.79 Å². The highest BCUT2D eigenvalue weighted by Crippen LogP contribution is 2.17. The van der Waals surface area contributed by atoms with Crippen LogP contribution in [0.2, 0.25) is 0 Å². The summed E-state index contributed by atoms with van der Waals surface area (Å²) in [5.41, 5.74) is 0.178. The normalized spacial score (nSPS) is 11.5. The van der Waals surface area contributed by atoms with Gasteiger partial charge in [-0.15, -0.1) is 0 Å². The molecule has 1 aromatic heterocycles. The van der Waals surface area contributed by atoms with Crippen LogP contribution in [0.15, 0.2) is 36.5 Å². The number of alkyl halides is 1. The summed E-state index contributed by atoms with van der Waals surface area (Å²) < 4.78 is 0. The number of pyridine rings is 1. The molecule has 0 aliphatic rings. The van der Waals surface area contributed by atoms with Gasteiger partial charge in [0, 0.05) is 22.5 Å². The highest BCUT2D eigenvalue weighted by Gasteiger charge is 2.21. The third-order valence-corrected chi connectivity index (χ3v) is 4.08. The summed E-state index contributed by atoms with van der Waals surface area (Å²) >= 11 is 3.39. The average molecular weight is 307 g/mol. The molecular formula is C14H15BrN2O. The molecule has 0 fully saturated rings. The Morgan fingerprint density at radius 1 is 1.33 bits per heavy atom. The summed E-state index contributed by atoms with van der Waals surface area (Å²) in [6, 6.07) is 9.66. The SMILES string of the molecule is CC(C)(CBr)NC(=O)c1nccc2ccccc12. The van der Waals surface area contributed by atoms with Gasteiger partial charge in [0.2, 0.25) is 0 Å². The molecule has 2 aromatic rings. The number of nitrogens with zero attached hydrogens (tertiary/aromatic N) is 1. The molecule has 4 heteroatoms. The fraction of sp³-hybridized carbons (Fsp3) is 0.286. The number of rotatable bonds is 3. The summed E-state index contributed by atoms with van der Waals surface area (Å²) in [4.78, 5) is 16.4. The lowest BCUT2D eigenvalue weighted by Gasteiger charge is -2.23. The summed E-state index contributed by atoms with van der Waals surface area (Å²) in [6.07, 6.45) is 1.67. The maximum Gasteiger partial charge on any atom is 0.270 e. The van der Waals surface area contributed by atoms with Crippen molar-refractivity contribution in [2.45, 2.75) is 19.4 Å². The smallest absolute Gasteiger partial charge is 0.270 e. The Morgan fingerprint density at radius 3 is 2.78 bits per heavy atom. The molecule has 0 bridgehead atoms. The molecule has 0 radical (unpaired) electrons. The van der Waals surface area contributed by atoms with E-state index in [0.717, 1.165) is 10.8 Å². The molecule has 0 saturated heterocycles. The first-order valence-corrected chi connectivity index (χ1v) is 6.88. The highest BCUT2D eigenvalue weighted by atomic mass is 79.9. The molecular weight excluding hydrogens is 292 g/mol. The van der Waals surface area contributed by atoms with Crippen molar-refractivity contribution in [3.8, 4) is 0 Å². The zero-order valence-electron chi connectivity index (χ0n) is 10.4. The summed E-state index contributed by atoms with van der Waals surface area (Å²) in [5, 5.41) is 5.56. The van der Waals surface area contributed by atoms with Gasteiger partial charge in [-0.05, 0) is 25.3 Å². The Kier molecular flexibility index (Phi) is 3.66. The minimum Gasteiger partial charge on any atom is -0.345 e. The van der Waals surface area contributed by atoms with E-state index in [9.17, 15) is 4.79 Å². The summed E-state index contributed by atoms with van der Waals surface area (Å²) in [7, 11) is 0. The van der Waals surface area contributed by atoms with E-state index in [4.69, 9.17) is 0 Å². The lowest BCUT2D eigenvalue weighted by molar-refractivity contribution is 0.0918. The topological polar surface area (TPSA) is 42.0 Å². The molecule has 2 rings (SSSR count). The minimum absolute atomic E-state index is 0.142. The highest BCUT2D eigenvalue weighted by molar-refractivity contribution is 9.09. The molecule has 0 saturated carbocycles. The van der Waals surface area contributed by atoms with Gasteiger partial charge in [-0.2, -0.15) is 0 Å². The first-order chi connectivity index (χ1) is 8.53. The lowest BCUT2D eigenvalue weighted by atomic mass is 10.1. The van der Waals surface area contributed by atoms with Crippen LogP contribution in [0.4, 0.5) is 0 Å². The van der Waals surface area contributed by atoms with Gasteiger partial charge in [0.05, 0.1) is 0 Å². The number of aromatic nitrogens is 1. The number of amides is 1.